The van der Waals surface area contributed by atoms with Gasteiger partial charge in [-0.3, -0.25) is 0 Å². The highest BCUT2D eigenvalue weighted by molar-refractivity contribution is 4.54. The molecule has 0 aliphatic carbocycles. The highest BCUT2D eigenvalue weighted by Crippen LogP contribution is 2.02. The predicted octanol–water partition coefficient (Wildman–Crippen LogP) is 2.08. The average molecular weight is 172 g/mol. The minimum absolute atomic E-state index is 0.740. The average Bonchev–Trinajstić information content (AvgIpc) is 1.84. The van der Waals surface area contributed by atoms with Gasteiger partial charge < -0.3 is 0 Å². The molecule has 0 saturated heterocycles. The summed E-state index contributed by atoms with van der Waals surface area (Å²) < 4.78 is 0. The minimum atomic E-state index is 0.740. The normalized spacial score (nSPS) is 12.5. The molecule has 0 atom stereocenters. The van der Waals surface area contributed by atoms with Crippen LogP contribution in [0.25, 0.3) is 0 Å². The third kappa shape index (κ3) is 5.56. The number of hydrazine groups is 1. The monoisotopic (exact) mass is 172 g/mol. The maximum Gasteiger partial charge on any atom is 0.0153 e. The van der Waals surface area contributed by atoms with Gasteiger partial charge in [0.25, 0.3) is 0 Å². The Morgan fingerprint density at radius 1 is 0.750 bits per heavy atom. The Morgan fingerprint density at radius 2 is 1.00 bits per heavy atom. The van der Waals surface area contributed by atoms with Gasteiger partial charge in [0, 0.05) is 27.2 Å². The summed E-state index contributed by atoms with van der Waals surface area (Å²) in [6.07, 6.45) is 0. The first-order chi connectivity index (χ1) is 5.43. The van der Waals surface area contributed by atoms with Crippen LogP contribution in [-0.2, 0) is 0 Å². The van der Waals surface area contributed by atoms with Crippen LogP contribution in [0, 0.1) is 11.8 Å². The smallest absolute Gasteiger partial charge is 0.0153 e. The summed E-state index contributed by atoms with van der Waals surface area (Å²) in [5.41, 5.74) is 0. The summed E-state index contributed by atoms with van der Waals surface area (Å²) in [4.78, 5) is 0. The lowest BCUT2D eigenvalue weighted by Gasteiger charge is -2.30. The highest BCUT2D eigenvalue weighted by atomic mass is 15.6. The van der Waals surface area contributed by atoms with Gasteiger partial charge in [-0.2, -0.15) is 0 Å². The van der Waals surface area contributed by atoms with Gasteiger partial charge in [-0.15, -0.1) is 0 Å². The van der Waals surface area contributed by atoms with Crippen LogP contribution in [0.5, 0.6) is 0 Å². The molecule has 0 fully saturated rings. The van der Waals surface area contributed by atoms with E-state index in [1.807, 2.05) is 0 Å². The van der Waals surface area contributed by atoms with Crippen molar-refractivity contribution in [1.82, 2.24) is 10.0 Å². The molecule has 0 aromatic heterocycles. The van der Waals surface area contributed by atoms with E-state index in [4.69, 9.17) is 0 Å². The lowest BCUT2D eigenvalue weighted by molar-refractivity contribution is 0.00705. The quantitative estimate of drug-likeness (QED) is 0.586. The van der Waals surface area contributed by atoms with Crippen LogP contribution >= 0.6 is 0 Å². The zero-order valence-corrected chi connectivity index (χ0v) is 9.46. The molecule has 0 aromatic carbocycles. The molecule has 0 N–H and O–H groups in total. The van der Waals surface area contributed by atoms with E-state index in [2.05, 4.69) is 51.8 Å². The van der Waals surface area contributed by atoms with Gasteiger partial charge in [-0.25, -0.2) is 10.0 Å². The Balaban J connectivity index is 3.68. The summed E-state index contributed by atoms with van der Waals surface area (Å²) in [6, 6.07) is 0. The summed E-state index contributed by atoms with van der Waals surface area (Å²) in [5, 5.41) is 4.59. The van der Waals surface area contributed by atoms with Crippen LogP contribution in [0.3, 0.4) is 0 Å². The van der Waals surface area contributed by atoms with E-state index >= 15 is 0 Å². The largest absolute Gasteiger partial charge is 0.245 e. The predicted molar refractivity (Wildman–Crippen MR) is 54.9 cm³/mol. The van der Waals surface area contributed by atoms with Crippen molar-refractivity contribution in [2.45, 2.75) is 27.7 Å². The maximum atomic E-state index is 2.30. The molecular weight excluding hydrogens is 148 g/mol. The summed E-state index contributed by atoms with van der Waals surface area (Å²) in [5.74, 6) is 1.48. The second-order valence-electron chi connectivity index (χ2n) is 4.47. The topological polar surface area (TPSA) is 6.48 Å². The molecule has 0 aliphatic heterocycles. The van der Waals surface area contributed by atoms with Gasteiger partial charge in [0.2, 0.25) is 0 Å². The van der Waals surface area contributed by atoms with Crippen molar-refractivity contribution in [3.63, 3.8) is 0 Å². The fourth-order valence-corrected chi connectivity index (χ4v) is 1.34. The molecule has 12 heavy (non-hydrogen) atoms. The lowest BCUT2D eigenvalue weighted by atomic mass is 10.2. The fraction of sp³-hybridized carbons (Fsp3) is 1.00. The Kier molecular flexibility index (Phi) is 5.51. The van der Waals surface area contributed by atoms with Gasteiger partial charge in [0.15, 0.2) is 0 Å². The van der Waals surface area contributed by atoms with Gasteiger partial charge in [0.1, 0.15) is 0 Å². The van der Waals surface area contributed by atoms with Crippen LogP contribution in [0.1, 0.15) is 27.7 Å². The molecule has 0 heterocycles. The van der Waals surface area contributed by atoms with Crippen LogP contribution in [-0.4, -0.2) is 37.2 Å². The number of hydrogen-bond acceptors (Lipinski definition) is 2. The Labute approximate surface area is 77.5 Å². The van der Waals surface area contributed by atoms with Gasteiger partial charge >= 0.3 is 0 Å². The van der Waals surface area contributed by atoms with Crippen molar-refractivity contribution in [3.8, 4) is 0 Å². The third-order valence-electron chi connectivity index (χ3n) is 1.84. The molecule has 0 aromatic rings. The minimum Gasteiger partial charge on any atom is -0.245 e. The molecule has 2 nitrogen and oxygen atoms in total. The first-order valence-corrected chi connectivity index (χ1v) is 4.85. The molecular formula is C10H24N2. The van der Waals surface area contributed by atoms with Crippen LogP contribution < -0.4 is 0 Å². The van der Waals surface area contributed by atoms with E-state index in [0.717, 1.165) is 24.9 Å². The highest BCUT2D eigenvalue weighted by Gasteiger charge is 2.08. The van der Waals surface area contributed by atoms with E-state index in [9.17, 15) is 0 Å². The summed E-state index contributed by atoms with van der Waals surface area (Å²) >= 11 is 0. The molecule has 0 bridgehead atoms. The Bertz CT molecular complexity index is 96.4. The van der Waals surface area contributed by atoms with Gasteiger partial charge in [-0.05, 0) is 11.8 Å². The molecule has 0 spiro atoms. The summed E-state index contributed by atoms with van der Waals surface area (Å²) in [7, 11) is 4.31. The van der Waals surface area contributed by atoms with Crippen molar-refractivity contribution < 1.29 is 0 Å². The molecule has 0 saturated carbocycles. The standard InChI is InChI=1S/C10H24N2/c1-9(2)7-11(5)12(6)8-10(3)4/h9-10H,7-8H2,1-6H3. The Hall–Kier alpha value is -0.0800. The van der Waals surface area contributed by atoms with Gasteiger partial charge in [-0.1, -0.05) is 27.7 Å². The first-order valence-electron chi connectivity index (χ1n) is 4.85. The van der Waals surface area contributed by atoms with E-state index < -0.39 is 0 Å². The van der Waals surface area contributed by atoms with E-state index in [1.165, 1.54) is 0 Å². The zero-order valence-electron chi connectivity index (χ0n) is 9.46. The Morgan fingerprint density at radius 3 is 1.17 bits per heavy atom. The molecule has 0 radical (unpaired) electrons. The fourth-order valence-electron chi connectivity index (χ4n) is 1.34. The molecule has 0 amide bonds. The maximum absolute atomic E-state index is 2.30. The lowest BCUT2D eigenvalue weighted by Crippen LogP contribution is -2.40. The van der Waals surface area contributed by atoms with Crippen molar-refractivity contribution in [2.24, 2.45) is 11.8 Å². The van der Waals surface area contributed by atoms with Crippen LogP contribution in [0.2, 0.25) is 0 Å². The van der Waals surface area contributed by atoms with Crippen LogP contribution in [0.15, 0.2) is 0 Å². The van der Waals surface area contributed by atoms with Crippen molar-refractivity contribution in [2.75, 3.05) is 27.2 Å². The van der Waals surface area contributed by atoms with E-state index in [0.29, 0.717) is 0 Å². The third-order valence-corrected chi connectivity index (χ3v) is 1.84. The van der Waals surface area contributed by atoms with E-state index in [1.54, 1.807) is 0 Å². The second-order valence-corrected chi connectivity index (χ2v) is 4.47. The number of hydrogen-bond donors (Lipinski definition) is 0. The summed E-state index contributed by atoms with van der Waals surface area (Å²) in [6.45, 7) is 11.3. The molecule has 74 valence electrons. The van der Waals surface area contributed by atoms with Crippen molar-refractivity contribution >= 4 is 0 Å². The molecule has 0 unspecified atom stereocenters. The van der Waals surface area contributed by atoms with Gasteiger partial charge in [0.05, 0.1) is 0 Å². The van der Waals surface area contributed by atoms with Crippen molar-refractivity contribution in [3.05, 3.63) is 0 Å². The molecule has 0 aliphatic rings. The number of rotatable bonds is 5. The van der Waals surface area contributed by atoms with Crippen molar-refractivity contribution in [1.29, 1.82) is 0 Å². The zero-order chi connectivity index (χ0) is 9.72. The van der Waals surface area contributed by atoms with Crippen LogP contribution in [0.4, 0.5) is 0 Å². The second kappa shape index (κ2) is 5.55. The first kappa shape index (κ1) is 11.9. The molecule has 2 heteroatoms. The number of nitrogens with zero attached hydrogens (tertiary/aromatic N) is 2. The molecule has 0 rings (SSSR count). The van der Waals surface area contributed by atoms with E-state index in [-0.39, 0.29) is 0 Å². The SMILES string of the molecule is CC(C)CN(C)N(C)CC(C)C.